The van der Waals surface area contributed by atoms with Crippen molar-refractivity contribution < 1.29 is 9.47 Å². The predicted molar refractivity (Wildman–Crippen MR) is 56.4 cm³/mol. The molecule has 0 aromatic heterocycles. The van der Waals surface area contributed by atoms with Gasteiger partial charge in [0.05, 0.1) is 0 Å². The predicted octanol–water partition coefficient (Wildman–Crippen LogP) is 2.38. The van der Waals surface area contributed by atoms with Gasteiger partial charge in [-0.25, -0.2) is 0 Å². The van der Waals surface area contributed by atoms with Crippen LogP contribution in [0.15, 0.2) is 12.5 Å². The largest absolute Gasteiger partial charge is 0.457 e. The summed E-state index contributed by atoms with van der Waals surface area (Å²) < 4.78 is 11.0. The van der Waals surface area contributed by atoms with Crippen LogP contribution in [-0.4, -0.2) is 12.3 Å². The summed E-state index contributed by atoms with van der Waals surface area (Å²) in [6, 6.07) is 0. The zero-order valence-corrected chi connectivity index (χ0v) is 9.38. The highest BCUT2D eigenvalue weighted by Crippen LogP contribution is 2.41. The summed E-state index contributed by atoms with van der Waals surface area (Å²) in [6.07, 6.45) is 6.47. The van der Waals surface area contributed by atoms with E-state index in [-0.39, 0.29) is 5.41 Å². The van der Waals surface area contributed by atoms with E-state index in [0.717, 1.165) is 25.8 Å². The standard InChI is InChI=1S/C11H21NO2/c1-10(2,6-4-5-7-12)11(3)13-8-9-14-11/h8-9H,4-7,12H2,1-3H3. The van der Waals surface area contributed by atoms with Gasteiger partial charge in [-0.05, 0) is 19.4 Å². The van der Waals surface area contributed by atoms with E-state index in [1.54, 1.807) is 12.5 Å². The number of hydrogen-bond donors (Lipinski definition) is 1. The van der Waals surface area contributed by atoms with Crippen molar-refractivity contribution in [3.8, 4) is 0 Å². The molecule has 0 aromatic carbocycles. The summed E-state index contributed by atoms with van der Waals surface area (Å²) in [4.78, 5) is 0. The Labute approximate surface area is 86.3 Å². The second-order valence-electron chi connectivity index (χ2n) is 4.58. The Morgan fingerprint density at radius 2 is 1.79 bits per heavy atom. The Kier molecular flexibility index (Phi) is 3.43. The third kappa shape index (κ3) is 2.21. The molecule has 0 saturated carbocycles. The average Bonchev–Trinajstić information content (AvgIpc) is 2.54. The maximum atomic E-state index is 5.50. The highest BCUT2D eigenvalue weighted by molar-refractivity contribution is 4.91. The van der Waals surface area contributed by atoms with Crippen LogP contribution in [-0.2, 0) is 9.47 Å². The molecule has 1 rings (SSSR count). The molecule has 0 aromatic rings. The van der Waals surface area contributed by atoms with Crippen LogP contribution in [0.25, 0.3) is 0 Å². The number of unbranched alkanes of at least 4 members (excludes halogenated alkanes) is 1. The molecule has 0 aliphatic carbocycles. The summed E-state index contributed by atoms with van der Waals surface area (Å²) in [5, 5.41) is 0. The van der Waals surface area contributed by atoms with Gasteiger partial charge in [0.1, 0.15) is 12.5 Å². The van der Waals surface area contributed by atoms with Gasteiger partial charge in [-0.15, -0.1) is 0 Å². The Morgan fingerprint density at radius 3 is 2.29 bits per heavy atom. The van der Waals surface area contributed by atoms with E-state index >= 15 is 0 Å². The van der Waals surface area contributed by atoms with Crippen LogP contribution in [0.1, 0.15) is 40.0 Å². The molecule has 1 aliphatic rings. The maximum absolute atomic E-state index is 5.50. The zero-order valence-electron chi connectivity index (χ0n) is 9.38. The van der Waals surface area contributed by atoms with Crippen molar-refractivity contribution in [1.82, 2.24) is 0 Å². The van der Waals surface area contributed by atoms with Crippen LogP contribution < -0.4 is 5.73 Å². The molecule has 1 aliphatic heterocycles. The van der Waals surface area contributed by atoms with Gasteiger partial charge >= 0.3 is 0 Å². The first kappa shape index (κ1) is 11.4. The molecule has 82 valence electrons. The smallest absolute Gasteiger partial charge is 0.252 e. The van der Waals surface area contributed by atoms with E-state index in [4.69, 9.17) is 15.2 Å². The minimum atomic E-state index is -0.512. The Balaban J connectivity index is 2.46. The molecule has 0 fully saturated rings. The normalized spacial score (nSPS) is 19.1. The molecule has 2 N–H and O–H groups in total. The van der Waals surface area contributed by atoms with Crippen LogP contribution >= 0.6 is 0 Å². The third-order valence-corrected chi connectivity index (χ3v) is 3.13. The fraction of sp³-hybridized carbons (Fsp3) is 0.818. The highest BCUT2D eigenvalue weighted by Gasteiger charge is 2.45. The van der Waals surface area contributed by atoms with Gasteiger partial charge in [-0.2, -0.15) is 0 Å². The van der Waals surface area contributed by atoms with E-state index in [0.29, 0.717) is 0 Å². The van der Waals surface area contributed by atoms with Gasteiger partial charge in [0, 0.05) is 12.3 Å². The lowest BCUT2D eigenvalue weighted by Gasteiger charge is -2.39. The van der Waals surface area contributed by atoms with Crippen LogP contribution in [0, 0.1) is 5.41 Å². The first-order valence-electron chi connectivity index (χ1n) is 5.22. The van der Waals surface area contributed by atoms with E-state index in [1.165, 1.54) is 0 Å². The molecule has 0 atom stereocenters. The summed E-state index contributed by atoms with van der Waals surface area (Å²) in [7, 11) is 0. The molecule has 0 saturated heterocycles. The van der Waals surface area contributed by atoms with Gasteiger partial charge in [-0.1, -0.05) is 20.3 Å². The fourth-order valence-corrected chi connectivity index (χ4v) is 1.60. The van der Waals surface area contributed by atoms with Crippen LogP contribution in [0.3, 0.4) is 0 Å². The molecule has 0 bridgehead atoms. The summed E-state index contributed by atoms with van der Waals surface area (Å²) in [5.41, 5.74) is 5.48. The van der Waals surface area contributed by atoms with Gasteiger partial charge in [0.25, 0.3) is 5.79 Å². The third-order valence-electron chi connectivity index (χ3n) is 3.13. The van der Waals surface area contributed by atoms with E-state index < -0.39 is 5.79 Å². The lowest BCUT2D eigenvalue weighted by atomic mass is 9.79. The Hall–Kier alpha value is -0.700. The summed E-state index contributed by atoms with van der Waals surface area (Å²) in [6.45, 7) is 7.06. The molecule has 0 spiro atoms. The van der Waals surface area contributed by atoms with Crippen molar-refractivity contribution >= 4 is 0 Å². The Morgan fingerprint density at radius 1 is 1.21 bits per heavy atom. The monoisotopic (exact) mass is 199 g/mol. The van der Waals surface area contributed by atoms with E-state index in [2.05, 4.69) is 13.8 Å². The van der Waals surface area contributed by atoms with Gasteiger partial charge in [0.2, 0.25) is 0 Å². The second-order valence-corrected chi connectivity index (χ2v) is 4.58. The van der Waals surface area contributed by atoms with Crippen LogP contribution in [0.5, 0.6) is 0 Å². The van der Waals surface area contributed by atoms with Crippen molar-refractivity contribution in [3.05, 3.63) is 12.5 Å². The zero-order chi connectivity index (χ0) is 10.7. The van der Waals surface area contributed by atoms with E-state index in [9.17, 15) is 0 Å². The lowest BCUT2D eigenvalue weighted by Crippen LogP contribution is -2.42. The molecular weight excluding hydrogens is 178 g/mol. The SMILES string of the molecule is CC(C)(CCCCN)C1(C)OC=CO1. The highest BCUT2D eigenvalue weighted by atomic mass is 16.7. The molecule has 3 heteroatoms. The average molecular weight is 199 g/mol. The van der Waals surface area contributed by atoms with Crippen molar-refractivity contribution in [2.75, 3.05) is 6.54 Å². The number of rotatable bonds is 5. The van der Waals surface area contributed by atoms with Crippen LogP contribution in [0.4, 0.5) is 0 Å². The van der Waals surface area contributed by atoms with Crippen molar-refractivity contribution in [3.63, 3.8) is 0 Å². The second kappa shape index (κ2) is 4.22. The van der Waals surface area contributed by atoms with E-state index in [1.807, 2.05) is 6.92 Å². The molecule has 1 heterocycles. The van der Waals surface area contributed by atoms with Crippen molar-refractivity contribution in [2.24, 2.45) is 11.1 Å². The lowest BCUT2D eigenvalue weighted by molar-refractivity contribution is -0.203. The minimum Gasteiger partial charge on any atom is -0.457 e. The van der Waals surface area contributed by atoms with Gasteiger partial charge in [0.15, 0.2) is 0 Å². The first-order valence-corrected chi connectivity index (χ1v) is 5.22. The minimum absolute atomic E-state index is 0.00562. The number of nitrogens with two attached hydrogens (primary N) is 1. The molecule has 0 unspecified atom stereocenters. The van der Waals surface area contributed by atoms with Crippen molar-refractivity contribution in [1.29, 1.82) is 0 Å². The quantitative estimate of drug-likeness (QED) is 0.691. The molecule has 3 nitrogen and oxygen atoms in total. The summed E-state index contributed by atoms with van der Waals surface area (Å²) >= 11 is 0. The molecule has 0 radical (unpaired) electrons. The topological polar surface area (TPSA) is 44.5 Å². The molecule has 0 amide bonds. The molecular formula is C11H21NO2. The fourth-order valence-electron chi connectivity index (χ4n) is 1.60. The van der Waals surface area contributed by atoms with Gasteiger partial charge in [-0.3, -0.25) is 0 Å². The number of ether oxygens (including phenoxy) is 2. The maximum Gasteiger partial charge on any atom is 0.252 e. The Bertz CT molecular complexity index is 203. The number of hydrogen-bond acceptors (Lipinski definition) is 3. The van der Waals surface area contributed by atoms with Crippen molar-refractivity contribution in [2.45, 2.75) is 45.8 Å². The first-order chi connectivity index (χ1) is 6.52. The van der Waals surface area contributed by atoms with Gasteiger partial charge < -0.3 is 15.2 Å². The molecule has 14 heavy (non-hydrogen) atoms. The van der Waals surface area contributed by atoms with Crippen LogP contribution in [0.2, 0.25) is 0 Å². The summed E-state index contributed by atoms with van der Waals surface area (Å²) in [5.74, 6) is -0.512.